The average Bonchev–Trinajstić information content (AvgIpc) is 2.52. The molecule has 2 N–H and O–H groups in total. The number of thioether (sulfide) groups is 1. The van der Waals surface area contributed by atoms with Gasteiger partial charge in [-0.1, -0.05) is 24.0 Å². The number of hydrogen-bond acceptors (Lipinski definition) is 2. The van der Waals surface area contributed by atoms with Crippen LogP contribution in [0, 0.1) is 11.8 Å². The van der Waals surface area contributed by atoms with Gasteiger partial charge >= 0.3 is 0 Å². The molecule has 2 heteroatoms. The first-order chi connectivity index (χ1) is 9.81. The molecule has 20 heavy (non-hydrogen) atoms. The zero-order valence-corrected chi connectivity index (χ0v) is 12.5. The molecule has 0 unspecified atom stereocenters. The van der Waals surface area contributed by atoms with Crippen molar-refractivity contribution in [3.63, 3.8) is 0 Å². The molecular formula is C18H19NS. The second-order valence-electron chi connectivity index (χ2n) is 4.57. The Labute approximate surface area is 125 Å². The van der Waals surface area contributed by atoms with Crippen molar-refractivity contribution in [3.05, 3.63) is 65.2 Å². The van der Waals surface area contributed by atoms with Crippen LogP contribution in [-0.2, 0) is 6.42 Å². The summed E-state index contributed by atoms with van der Waals surface area (Å²) in [5.41, 5.74) is 8.96. The molecule has 0 aliphatic carbocycles. The van der Waals surface area contributed by atoms with E-state index in [1.54, 1.807) is 11.8 Å². The fourth-order valence-corrected chi connectivity index (χ4v) is 2.34. The van der Waals surface area contributed by atoms with Gasteiger partial charge in [-0.25, -0.2) is 0 Å². The van der Waals surface area contributed by atoms with Crippen LogP contribution in [0.25, 0.3) is 0 Å². The van der Waals surface area contributed by atoms with Crippen LogP contribution in [0.2, 0.25) is 0 Å². The van der Waals surface area contributed by atoms with Gasteiger partial charge in [0.25, 0.3) is 0 Å². The standard InChI is InChI=1S/C18H19NS/c1-20-18-11-9-15(10-12-18)7-8-17-5-2-4-16(14-17)6-3-13-19/h2,4-5,9-12,14H,3,6,13,19H2,1H3. The topological polar surface area (TPSA) is 26.0 Å². The van der Waals surface area contributed by atoms with Gasteiger partial charge < -0.3 is 5.73 Å². The highest BCUT2D eigenvalue weighted by molar-refractivity contribution is 7.98. The lowest BCUT2D eigenvalue weighted by atomic mass is 10.1. The van der Waals surface area contributed by atoms with Gasteiger partial charge in [0.1, 0.15) is 0 Å². The maximum absolute atomic E-state index is 5.54. The minimum Gasteiger partial charge on any atom is -0.330 e. The van der Waals surface area contributed by atoms with Crippen LogP contribution in [-0.4, -0.2) is 12.8 Å². The van der Waals surface area contributed by atoms with E-state index in [4.69, 9.17) is 5.73 Å². The summed E-state index contributed by atoms with van der Waals surface area (Å²) in [6, 6.07) is 16.7. The largest absolute Gasteiger partial charge is 0.330 e. The molecular weight excluding hydrogens is 262 g/mol. The van der Waals surface area contributed by atoms with E-state index in [2.05, 4.69) is 66.6 Å². The monoisotopic (exact) mass is 281 g/mol. The first-order valence-electron chi connectivity index (χ1n) is 6.77. The highest BCUT2D eigenvalue weighted by Crippen LogP contribution is 2.14. The summed E-state index contributed by atoms with van der Waals surface area (Å²) in [4.78, 5) is 1.26. The van der Waals surface area contributed by atoms with Gasteiger partial charge in [-0.15, -0.1) is 11.8 Å². The summed E-state index contributed by atoms with van der Waals surface area (Å²) >= 11 is 1.74. The fraction of sp³-hybridized carbons (Fsp3) is 0.222. The maximum Gasteiger partial charge on any atom is 0.0251 e. The predicted octanol–water partition coefficient (Wildman–Crippen LogP) is 3.70. The first kappa shape index (κ1) is 14.7. The van der Waals surface area contributed by atoms with Gasteiger partial charge in [0, 0.05) is 16.0 Å². The van der Waals surface area contributed by atoms with Crippen molar-refractivity contribution in [1.82, 2.24) is 0 Å². The zero-order chi connectivity index (χ0) is 14.2. The molecule has 0 bridgehead atoms. The molecule has 0 saturated heterocycles. The SMILES string of the molecule is CSc1ccc(C#Cc2cccc(CCCN)c2)cc1. The Morgan fingerprint density at radius 2 is 1.75 bits per heavy atom. The molecule has 0 aliphatic heterocycles. The van der Waals surface area contributed by atoms with E-state index in [1.807, 2.05) is 0 Å². The quantitative estimate of drug-likeness (QED) is 0.683. The van der Waals surface area contributed by atoms with E-state index >= 15 is 0 Å². The number of rotatable bonds is 4. The Morgan fingerprint density at radius 1 is 1.00 bits per heavy atom. The van der Waals surface area contributed by atoms with Gasteiger partial charge in [0.2, 0.25) is 0 Å². The van der Waals surface area contributed by atoms with Gasteiger partial charge in [-0.3, -0.25) is 0 Å². The summed E-state index contributed by atoms with van der Waals surface area (Å²) < 4.78 is 0. The highest BCUT2D eigenvalue weighted by Gasteiger charge is 1.94. The minimum atomic E-state index is 0.734. The van der Waals surface area contributed by atoms with Crippen LogP contribution in [0.1, 0.15) is 23.1 Å². The van der Waals surface area contributed by atoms with Crippen LogP contribution in [0.15, 0.2) is 53.4 Å². The van der Waals surface area contributed by atoms with Gasteiger partial charge in [-0.2, -0.15) is 0 Å². The summed E-state index contributed by atoms with van der Waals surface area (Å²) in [6.07, 6.45) is 4.12. The minimum absolute atomic E-state index is 0.734. The Bertz CT molecular complexity index is 605. The molecule has 2 aromatic rings. The second-order valence-corrected chi connectivity index (χ2v) is 5.45. The van der Waals surface area contributed by atoms with E-state index in [0.717, 1.165) is 30.5 Å². The Balaban J connectivity index is 2.11. The summed E-state index contributed by atoms with van der Waals surface area (Å²) in [5.74, 6) is 6.44. The highest BCUT2D eigenvalue weighted by atomic mass is 32.2. The van der Waals surface area contributed by atoms with Gasteiger partial charge in [0.15, 0.2) is 0 Å². The molecule has 0 saturated carbocycles. The number of benzene rings is 2. The molecule has 0 atom stereocenters. The lowest BCUT2D eigenvalue weighted by Crippen LogP contribution is -2.00. The lowest BCUT2D eigenvalue weighted by molar-refractivity contribution is 0.832. The van der Waals surface area contributed by atoms with Crippen molar-refractivity contribution in [2.75, 3.05) is 12.8 Å². The summed E-state index contributed by atoms with van der Waals surface area (Å²) in [6.45, 7) is 0.734. The van der Waals surface area contributed by atoms with Crippen molar-refractivity contribution in [3.8, 4) is 11.8 Å². The third-order valence-electron chi connectivity index (χ3n) is 3.04. The van der Waals surface area contributed by atoms with Crippen LogP contribution in [0.3, 0.4) is 0 Å². The molecule has 0 aliphatic rings. The molecule has 1 nitrogen and oxygen atoms in total. The zero-order valence-electron chi connectivity index (χ0n) is 11.7. The third-order valence-corrected chi connectivity index (χ3v) is 3.78. The Kier molecular flexibility index (Phi) is 5.73. The Hall–Kier alpha value is -1.69. The van der Waals surface area contributed by atoms with Crippen LogP contribution in [0.5, 0.6) is 0 Å². The first-order valence-corrected chi connectivity index (χ1v) is 7.99. The summed E-state index contributed by atoms with van der Waals surface area (Å²) in [5, 5.41) is 0. The molecule has 0 spiro atoms. The van der Waals surface area contributed by atoms with Crippen molar-refractivity contribution >= 4 is 11.8 Å². The van der Waals surface area contributed by atoms with E-state index in [-0.39, 0.29) is 0 Å². The molecule has 0 aromatic heterocycles. The predicted molar refractivity (Wildman–Crippen MR) is 88.0 cm³/mol. The van der Waals surface area contributed by atoms with E-state index < -0.39 is 0 Å². The lowest BCUT2D eigenvalue weighted by Gasteiger charge is -2.00. The summed E-state index contributed by atoms with van der Waals surface area (Å²) in [7, 11) is 0. The normalized spacial score (nSPS) is 9.90. The second kappa shape index (κ2) is 7.79. The molecule has 0 fully saturated rings. The molecule has 2 rings (SSSR count). The van der Waals surface area contributed by atoms with Crippen molar-refractivity contribution < 1.29 is 0 Å². The third kappa shape index (κ3) is 4.45. The molecule has 102 valence electrons. The van der Waals surface area contributed by atoms with E-state index in [0.29, 0.717) is 0 Å². The fourth-order valence-electron chi connectivity index (χ4n) is 1.93. The van der Waals surface area contributed by atoms with Gasteiger partial charge in [-0.05, 0) is 67.6 Å². The van der Waals surface area contributed by atoms with Crippen molar-refractivity contribution in [2.24, 2.45) is 5.73 Å². The van der Waals surface area contributed by atoms with Gasteiger partial charge in [0.05, 0.1) is 0 Å². The molecule has 0 heterocycles. The van der Waals surface area contributed by atoms with E-state index in [9.17, 15) is 0 Å². The van der Waals surface area contributed by atoms with Crippen LogP contribution >= 0.6 is 11.8 Å². The molecule has 2 aromatic carbocycles. The van der Waals surface area contributed by atoms with E-state index in [1.165, 1.54) is 10.5 Å². The van der Waals surface area contributed by atoms with Crippen LogP contribution in [0.4, 0.5) is 0 Å². The maximum atomic E-state index is 5.54. The number of hydrogen-bond donors (Lipinski definition) is 1. The molecule has 0 amide bonds. The smallest absolute Gasteiger partial charge is 0.0251 e. The molecule has 0 radical (unpaired) electrons. The average molecular weight is 281 g/mol. The van der Waals surface area contributed by atoms with Crippen molar-refractivity contribution in [2.45, 2.75) is 17.7 Å². The Morgan fingerprint density at radius 3 is 2.45 bits per heavy atom. The van der Waals surface area contributed by atoms with Crippen molar-refractivity contribution in [1.29, 1.82) is 0 Å². The number of aryl methyl sites for hydroxylation is 1. The number of nitrogens with two attached hydrogens (primary N) is 1. The van der Waals surface area contributed by atoms with Crippen LogP contribution < -0.4 is 5.73 Å².